The zero-order chi connectivity index (χ0) is 17.2. The van der Waals surface area contributed by atoms with Crippen LogP contribution in [0.4, 0.5) is 0 Å². The van der Waals surface area contributed by atoms with Gasteiger partial charge < -0.3 is 9.64 Å². The number of fused-ring (bicyclic) bond motifs is 1. The second kappa shape index (κ2) is 6.64. The summed E-state index contributed by atoms with van der Waals surface area (Å²) >= 11 is 0. The van der Waals surface area contributed by atoms with Gasteiger partial charge in [0.25, 0.3) is 5.91 Å². The molecule has 0 spiro atoms. The summed E-state index contributed by atoms with van der Waals surface area (Å²) in [5.74, 6) is 0.0122. The maximum absolute atomic E-state index is 12.7. The van der Waals surface area contributed by atoms with E-state index in [1.807, 2.05) is 45.9 Å². The second-order valence-electron chi connectivity index (χ2n) is 6.24. The van der Waals surface area contributed by atoms with E-state index in [0.717, 1.165) is 29.7 Å². The molecule has 4 rings (SSSR count). The third kappa shape index (κ3) is 3.00. The first-order chi connectivity index (χ1) is 12.3. The van der Waals surface area contributed by atoms with Crippen molar-refractivity contribution in [3.8, 4) is 5.69 Å². The fourth-order valence-electron chi connectivity index (χ4n) is 3.27. The number of methoxy groups -OCH3 is 1. The molecular formula is C19H20N4O2. The van der Waals surface area contributed by atoms with E-state index in [1.165, 1.54) is 0 Å². The summed E-state index contributed by atoms with van der Waals surface area (Å²) in [7, 11) is 1.73. The van der Waals surface area contributed by atoms with Crippen molar-refractivity contribution in [3.05, 3.63) is 54.5 Å². The monoisotopic (exact) mass is 336 g/mol. The lowest BCUT2D eigenvalue weighted by molar-refractivity contribution is 0.0350. The highest BCUT2D eigenvalue weighted by molar-refractivity contribution is 5.96. The molecule has 1 fully saturated rings. The van der Waals surface area contributed by atoms with Crippen molar-refractivity contribution in [2.24, 2.45) is 0 Å². The number of hydrogen-bond donors (Lipinski definition) is 0. The second-order valence-corrected chi connectivity index (χ2v) is 6.24. The molecule has 128 valence electrons. The van der Waals surface area contributed by atoms with Crippen LogP contribution in [-0.2, 0) is 4.74 Å². The van der Waals surface area contributed by atoms with Crippen molar-refractivity contribution in [1.29, 1.82) is 0 Å². The van der Waals surface area contributed by atoms with Crippen LogP contribution in [0.2, 0.25) is 0 Å². The molecule has 25 heavy (non-hydrogen) atoms. The number of imidazole rings is 1. The molecule has 2 aromatic heterocycles. The Bertz CT molecular complexity index is 883. The summed E-state index contributed by atoms with van der Waals surface area (Å²) in [5.41, 5.74) is 3.06. The van der Waals surface area contributed by atoms with Gasteiger partial charge in [-0.2, -0.15) is 0 Å². The number of benzene rings is 1. The lowest BCUT2D eigenvalue weighted by atomic mass is 10.1. The molecule has 0 saturated carbocycles. The van der Waals surface area contributed by atoms with Crippen LogP contribution in [0, 0.1) is 0 Å². The van der Waals surface area contributed by atoms with Gasteiger partial charge in [-0.05, 0) is 31.0 Å². The maximum atomic E-state index is 12.7. The van der Waals surface area contributed by atoms with E-state index in [1.54, 1.807) is 19.6 Å². The van der Waals surface area contributed by atoms with Crippen LogP contribution in [0.5, 0.6) is 0 Å². The van der Waals surface area contributed by atoms with Gasteiger partial charge in [-0.1, -0.05) is 18.2 Å². The zero-order valence-electron chi connectivity index (χ0n) is 14.1. The number of rotatable bonds is 3. The molecule has 1 aliphatic heterocycles. The molecule has 0 radical (unpaired) electrons. The minimum atomic E-state index is 0.0122. The number of hydrogen-bond acceptors (Lipinski definition) is 4. The van der Waals surface area contributed by atoms with E-state index in [4.69, 9.17) is 4.74 Å². The Hall–Kier alpha value is -2.73. The predicted octanol–water partition coefficient (Wildman–Crippen LogP) is 2.67. The number of aromatic nitrogens is 3. The number of ether oxygens (including phenoxy) is 1. The molecule has 0 N–H and O–H groups in total. The van der Waals surface area contributed by atoms with E-state index in [-0.39, 0.29) is 12.0 Å². The molecule has 1 aromatic carbocycles. The van der Waals surface area contributed by atoms with Crippen LogP contribution in [0.3, 0.4) is 0 Å². The normalized spacial score (nSPS) is 15.6. The van der Waals surface area contributed by atoms with Gasteiger partial charge in [0.1, 0.15) is 11.8 Å². The number of carbonyl (C=O) groups is 1. The topological polar surface area (TPSA) is 60.2 Å². The Morgan fingerprint density at radius 1 is 1.16 bits per heavy atom. The van der Waals surface area contributed by atoms with Gasteiger partial charge in [0.15, 0.2) is 5.65 Å². The number of pyridine rings is 1. The SMILES string of the molecule is COC1CCN(C(=O)c2cnc3c(c2)ncn3-c2ccccc2)CC1. The van der Waals surface area contributed by atoms with Crippen LogP contribution in [0.1, 0.15) is 23.2 Å². The molecule has 1 aliphatic rings. The average molecular weight is 336 g/mol. The number of amides is 1. The lowest BCUT2D eigenvalue weighted by Gasteiger charge is -2.31. The minimum absolute atomic E-state index is 0.0122. The summed E-state index contributed by atoms with van der Waals surface area (Å²) in [6, 6.07) is 11.8. The van der Waals surface area contributed by atoms with Crippen LogP contribution in [-0.4, -0.2) is 51.6 Å². The summed E-state index contributed by atoms with van der Waals surface area (Å²) < 4.78 is 7.29. The minimum Gasteiger partial charge on any atom is -0.381 e. The molecule has 3 aromatic rings. The molecule has 0 unspecified atom stereocenters. The van der Waals surface area contributed by atoms with Gasteiger partial charge in [-0.3, -0.25) is 9.36 Å². The van der Waals surface area contributed by atoms with Gasteiger partial charge in [0.2, 0.25) is 0 Å². The number of para-hydroxylation sites is 1. The summed E-state index contributed by atoms with van der Waals surface area (Å²) in [6.07, 6.45) is 5.40. The van der Waals surface area contributed by atoms with E-state index < -0.39 is 0 Å². The predicted molar refractivity (Wildman–Crippen MR) is 94.8 cm³/mol. The Morgan fingerprint density at radius 2 is 1.92 bits per heavy atom. The molecular weight excluding hydrogens is 316 g/mol. The lowest BCUT2D eigenvalue weighted by Crippen LogP contribution is -2.40. The largest absolute Gasteiger partial charge is 0.381 e. The number of piperidine rings is 1. The number of carbonyl (C=O) groups excluding carboxylic acids is 1. The smallest absolute Gasteiger partial charge is 0.255 e. The summed E-state index contributed by atoms with van der Waals surface area (Å²) in [5, 5.41) is 0. The molecule has 1 amide bonds. The van der Waals surface area contributed by atoms with Gasteiger partial charge in [-0.25, -0.2) is 9.97 Å². The average Bonchev–Trinajstić information content (AvgIpc) is 3.11. The van der Waals surface area contributed by atoms with Crippen LogP contribution < -0.4 is 0 Å². The molecule has 0 bridgehead atoms. The first-order valence-electron chi connectivity index (χ1n) is 8.47. The van der Waals surface area contributed by atoms with Gasteiger partial charge in [0.05, 0.1) is 11.7 Å². The van der Waals surface area contributed by atoms with E-state index in [9.17, 15) is 4.79 Å². The zero-order valence-corrected chi connectivity index (χ0v) is 14.1. The standard InChI is InChI=1S/C19H20N4O2/c1-25-16-7-9-22(10-8-16)19(24)14-11-17-18(20-12-14)23(13-21-17)15-5-3-2-4-6-15/h2-6,11-13,16H,7-10H2,1H3. The first kappa shape index (κ1) is 15.8. The Morgan fingerprint density at radius 3 is 2.64 bits per heavy atom. The first-order valence-corrected chi connectivity index (χ1v) is 8.47. The van der Waals surface area contributed by atoms with E-state index >= 15 is 0 Å². The van der Waals surface area contributed by atoms with Crippen LogP contribution in [0.15, 0.2) is 48.9 Å². The molecule has 0 aliphatic carbocycles. The molecule has 0 atom stereocenters. The van der Waals surface area contributed by atoms with Crippen LogP contribution >= 0.6 is 0 Å². The highest BCUT2D eigenvalue weighted by atomic mass is 16.5. The fraction of sp³-hybridized carbons (Fsp3) is 0.316. The molecule has 1 saturated heterocycles. The van der Waals surface area contributed by atoms with Gasteiger partial charge in [0, 0.05) is 32.1 Å². The maximum Gasteiger partial charge on any atom is 0.255 e. The van der Waals surface area contributed by atoms with Crippen molar-refractivity contribution in [3.63, 3.8) is 0 Å². The van der Waals surface area contributed by atoms with Crippen molar-refractivity contribution >= 4 is 17.1 Å². The summed E-state index contributed by atoms with van der Waals surface area (Å²) in [6.45, 7) is 1.43. The fourth-order valence-corrected chi connectivity index (χ4v) is 3.27. The Kier molecular flexibility index (Phi) is 4.19. The van der Waals surface area contributed by atoms with Crippen LogP contribution in [0.25, 0.3) is 16.9 Å². The Labute approximate surface area is 146 Å². The number of likely N-dealkylation sites (tertiary alicyclic amines) is 1. The molecule has 3 heterocycles. The third-order valence-corrected chi connectivity index (χ3v) is 4.73. The van der Waals surface area contributed by atoms with E-state index in [2.05, 4.69) is 9.97 Å². The van der Waals surface area contributed by atoms with Gasteiger partial charge >= 0.3 is 0 Å². The third-order valence-electron chi connectivity index (χ3n) is 4.73. The van der Waals surface area contributed by atoms with Gasteiger partial charge in [-0.15, -0.1) is 0 Å². The molecule has 6 heteroatoms. The number of nitrogens with zero attached hydrogens (tertiary/aromatic N) is 4. The quantitative estimate of drug-likeness (QED) is 0.738. The van der Waals surface area contributed by atoms with Crippen molar-refractivity contribution < 1.29 is 9.53 Å². The summed E-state index contributed by atoms with van der Waals surface area (Å²) in [4.78, 5) is 23.5. The highest BCUT2D eigenvalue weighted by Gasteiger charge is 2.24. The van der Waals surface area contributed by atoms with Crippen molar-refractivity contribution in [1.82, 2.24) is 19.4 Å². The molecule has 6 nitrogen and oxygen atoms in total. The van der Waals surface area contributed by atoms with Crippen molar-refractivity contribution in [2.75, 3.05) is 20.2 Å². The van der Waals surface area contributed by atoms with E-state index in [0.29, 0.717) is 18.7 Å². The highest BCUT2D eigenvalue weighted by Crippen LogP contribution is 2.20. The van der Waals surface area contributed by atoms with Crippen molar-refractivity contribution in [2.45, 2.75) is 18.9 Å². The Balaban J connectivity index is 1.59.